The molecule has 182 valence electrons. The Morgan fingerprint density at radius 3 is 2.62 bits per heavy atom. The second-order valence-electron chi connectivity index (χ2n) is 8.70. The van der Waals surface area contributed by atoms with E-state index in [9.17, 15) is 9.59 Å². The maximum Gasteiger partial charge on any atom is 0.255 e. The van der Waals surface area contributed by atoms with Crippen molar-refractivity contribution in [3.05, 3.63) is 108 Å². The van der Waals surface area contributed by atoms with Crippen molar-refractivity contribution in [2.45, 2.75) is 20.8 Å². The number of rotatable bonds is 4. The summed E-state index contributed by atoms with van der Waals surface area (Å²) in [4.78, 5) is 33.1. The average Bonchev–Trinajstić information content (AvgIpc) is 3.54. The molecule has 0 aliphatic rings. The summed E-state index contributed by atoms with van der Waals surface area (Å²) in [5, 5.41) is 5.77. The van der Waals surface area contributed by atoms with E-state index >= 15 is 0 Å². The van der Waals surface area contributed by atoms with E-state index in [4.69, 9.17) is 0 Å². The molecular formula is C29H24N6O2. The summed E-state index contributed by atoms with van der Waals surface area (Å²) in [6, 6.07) is 14.9. The maximum absolute atomic E-state index is 13.1. The predicted octanol–water partition coefficient (Wildman–Crippen LogP) is 4.75. The van der Waals surface area contributed by atoms with Gasteiger partial charge in [0.1, 0.15) is 5.69 Å². The third kappa shape index (κ3) is 5.11. The van der Waals surface area contributed by atoms with Crippen LogP contribution in [0.25, 0.3) is 11.3 Å². The molecule has 5 aromatic rings. The number of fused-ring (bicyclic) bond motifs is 1. The van der Waals surface area contributed by atoms with E-state index in [-0.39, 0.29) is 11.8 Å². The lowest BCUT2D eigenvalue weighted by molar-refractivity contribution is -0.114. The van der Waals surface area contributed by atoms with E-state index in [1.807, 2.05) is 65.5 Å². The lowest BCUT2D eigenvalue weighted by Gasteiger charge is -2.11. The third-order valence-electron chi connectivity index (χ3n) is 5.79. The summed E-state index contributed by atoms with van der Waals surface area (Å²) < 4.78 is 3.71. The summed E-state index contributed by atoms with van der Waals surface area (Å²) in [6.45, 7) is 5.39. The van der Waals surface area contributed by atoms with Crippen molar-refractivity contribution in [1.82, 2.24) is 18.9 Å². The average molecular weight is 489 g/mol. The molecule has 2 N–H and O–H groups in total. The van der Waals surface area contributed by atoms with Crippen LogP contribution in [0.15, 0.2) is 79.6 Å². The van der Waals surface area contributed by atoms with Gasteiger partial charge in [0, 0.05) is 48.0 Å². The highest BCUT2D eigenvalue weighted by molar-refractivity contribution is 6.04. The van der Waals surface area contributed by atoms with Gasteiger partial charge in [0.05, 0.1) is 18.2 Å². The molecular weight excluding hydrogens is 464 g/mol. The second kappa shape index (κ2) is 9.84. The van der Waals surface area contributed by atoms with Crippen LogP contribution in [-0.2, 0) is 4.79 Å². The number of carbonyl (C=O) groups is 2. The summed E-state index contributed by atoms with van der Waals surface area (Å²) >= 11 is 0. The molecule has 37 heavy (non-hydrogen) atoms. The minimum absolute atomic E-state index is 0.168. The number of amides is 2. The molecule has 0 aliphatic carbocycles. The monoisotopic (exact) mass is 488 g/mol. The first kappa shape index (κ1) is 23.6. The van der Waals surface area contributed by atoms with Gasteiger partial charge in [-0.05, 0) is 73.4 Å². The van der Waals surface area contributed by atoms with Crippen LogP contribution in [0.4, 0.5) is 11.4 Å². The van der Waals surface area contributed by atoms with Crippen LogP contribution >= 0.6 is 0 Å². The summed E-state index contributed by atoms with van der Waals surface area (Å²) in [6.07, 6.45) is 8.79. The number of aromatic nitrogens is 4. The van der Waals surface area contributed by atoms with E-state index in [1.165, 1.54) is 6.92 Å². The van der Waals surface area contributed by atoms with Gasteiger partial charge in [0.15, 0.2) is 5.65 Å². The molecule has 0 atom stereocenters. The van der Waals surface area contributed by atoms with Crippen LogP contribution in [0.2, 0.25) is 0 Å². The van der Waals surface area contributed by atoms with Crippen molar-refractivity contribution in [2.24, 2.45) is 0 Å². The lowest BCUT2D eigenvalue weighted by Crippen LogP contribution is -2.12. The fourth-order valence-electron chi connectivity index (χ4n) is 4.02. The smallest absolute Gasteiger partial charge is 0.255 e. The Balaban J connectivity index is 1.41. The zero-order chi connectivity index (χ0) is 25.9. The van der Waals surface area contributed by atoms with E-state index in [2.05, 4.69) is 32.4 Å². The van der Waals surface area contributed by atoms with Gasteiger partial charge in [-0.25, -0.2) is 9.97 Å². The highest BCUT2D eigenvalue weighted by Gasteiger charge is 2.11. The Kier molecular flexibility index (Phi) is 6.27. The topological polar surface area (TPSA) is 93.3 Å². The first-order valence-electron chi connectivity index (χ1n) is 11.6. The highest BCUT2D eigenvalue weighted by atomic mass is 16.2. The largest absolute Gasteiger partial charge is 0.323 e. The second-order valence-corrected chi connectivity index (χ2v) is 8.70. The number of carbonyl (C=O) groups excluding carboxylic acids is 2. The van der Waals surface area contributed by atoms with Gasteiger partial charge in [0.2, 0.25) is 5.91 Å². The number of aryl methyl sites for hydroxylation is 2. The number of hydrogen-bond donors (Lipinski definition) is 2. The molecule has 2 amide bonds. The minimum atomic E-state index is -0.222. The molecule has 0 fully saturated rings. The predicted molar refractivity (Wildman–Crippen MR) is 143 cm³/mol. The Hall–Kier alpha value is -5.16. The van der Waals surface area contributed by atoms with Crippen molar-refractivity contribution in [2.75, 3.05) is 10.6 Å². The zero-order valence-electron chi connectivity index (χ0n) is 20.6. The number of hydrogen-bond acceptors (Lipinski definition) is 4. The first-order chi connectivity index (χ1) is 17.9. The fraction of sp³-hybridized carbons (Fsp3) is 0.103. The van der Waals surface area contributed by atoms with Gasteiger partial charge in [-0.2, -0.15) is 0 Å². The van der Waals surface area contributed by atoms with Crippen molar-refractivity contribution in [3.63, 3.8) is 0 Å². The molecule has 0 saturated heterocycles. The first-order valence-corrected chi connectivity index (χ1v) is 11.6. The SMILES string of the molecule is CC(=O)Nc1cccn2c(C#Cc3cc(C(=O)Nc4cc(C)cc(-n5ccnc5)c4)ccc3C)cnc12. The van der Waals surface area contributed by atoms with Crippen LogP contribution in [0.5, 0.6) is 0 Å². The fourth-order valence-corrected chi connectivity index (χ4v) is 4.02. The quantitative estimate of drug-likeness (QED) is 0.357. The molecule has 8 heteroatoms. The molecule has 5 rings (SSSR count). The number of anilines is 2. The van der Waals surface area contributed by atoms with E-state index < -0.39 is 0 Å². The molecule has 0 bridgehead atoms. The van der Waals surface area contributed by atoms with Crippen molar-refractivity contribution in [1.29, 1.82) is 0 Å². The van der Waals surface area contributed by atoms with Crippen molar-refractivity contribution >= 4 is 28.8 Å². The highest BCUT2D eigenvalue weighted by Crippen LogP contribution is 2.20. The van der Waals surface area contributed by atoms with E-state index in [1.54, 1.807) is 36.9 Å². The van der Waals surface area contributed by atoms with Crippen LogP contribution in [0.1, 0.15) is 39.7 Å². The number of nitrogens with one attached hydrogen (secondary N) is 2. The van der Waals surface area contributed by atoms with Crippen molar-refractivity contribution in [3.8, 4) is 17.5 Å². The van der Waals surface area contributed by atoms with Crippen molar-refractivity contribution < 1.29 is 9.59 Å². The van der Waals surface area contributed by atoms with Gasteiger partial charge in [-0.15, -0.1) is 0 Å². The summed E-state index contributed by atoms with van der Waals surface area (Å²) in [5.74, 6) is 5.93. The molecule has 0 spiro atoms. The number of imidazole rings is 2. The van der Waals surface area contributed by atoms with Gasteiger partial charge < -0.3 is 15.2 Å². The summed E-state index contributed by atoms with van der Waals surface area (Å²) in [7, 11) is 0. The van der Waals surface area contributed by atoms with Crippen LogP contribution in [0, 0.1) is 25.7 Å². The molecule has 3 heterocycles. The van der Waals surface area contributed by atoms with E-state index in [0.29, 0.717) is 28.3 Å². The maximum atomic E-state index is 13.1. The van der Waals surface area contributed by atoms with Gasteiger partial charge in [0.25, 0.3) is 5.91 Å². The van der Waals surface area contributed by atoms with Gasteiger partial charge in [-0.3, -0.25) is 14.0 Å². The van der Waals surface area contributed by atoms with Crippen LogP contribution < -0.4 is 10.6 Å². The molecule has 0 radical (unpaired) electrons. The molecule has 8 nitrogen and oxygen atoms in total. The molecule has 3 aromatic heterocycles. The van der Waals surface area contributed by atoms with Crippen LogP contribution in [-0.4, -0.2) is 30.8 Å². The Labute approximate surface area is 214 Å². The van der Waals surface area contributed by atoms with E-state index in [0.717, 1.165) is 22.4 Å². The molecule has 0 saturated carbocycles. The summed E-state index contributed by atoms with van der Waals surface area (Å²) in [5.41, 5.74) is 6.73. The number of nitrogens with zero attached hydrogens (tertiary/aromatic N) is 4. The minimum Gasteiger partial charge on any atom is -0.323 e. The lowest BCUT2D eigenvalue weighted by atomic mass is 10.0. The Morgan fingerprint density at radius 2 is 1.84 bits per heavy atom. The van der Waals surface area contributed by atoms with Crippen LogP contribution in [0.3, 0.4) is 0 Å². The third-order valence-corrected chi connectivity index (χ3v) is 5.79. The normalized spacial score (nSPS) is 10.6. The number of pyridine rings is 1. The molecule has 0 unspecified atom stereocenters. The Bertz CT molecular complexity index is 1700. The molecule has 0 aliphatic heterocycles. The Morgan fingerprint density at radius 1 is 0.973 bits per heavy atom. The standard InChI is InChI=1S/C29H24N6O2/c1-19-13-24(16-26(14-19)34-12-10-30-18-34)33-29(37)23-7-6-20(2)22(15-23)8-9-25-17-31-28-27(32-21(3)36)5-4-11-35(25)28/h4-7,10-18H,1-3H3,(H,32,36)(H,33,37). The zero-order valence-corrected chi connectivity index (χ0v) is 20.6. The molecule has 2 aromatic carbocycles. The number of benzene rings is 2. The van der Waals surface area contributed by atoms with Gasteiger partial charge in [-0.1, -0.05) is 12.0 Å². The van der Waals surface area contributed by atoms with Gasteiger partial charge >= 0.3 is 0 Å².